The van der Waals surface area contributed by atoms with Crippen LogP contribution in [0.5, 0.6) is 0 Å². The Kier molecular flexibility index (Phi) is 3.22. The van der Waals surface area contributed by atoms with E-state index >= 15 is 0 Å². The first-order valence-corrected chi connectivity index (χ1v) is 4.94. The second kappa shape index (κ2) is 4.81. The summed E-state index contributed by atoms with van der Waals surface area (Å²) < 4.78 is 12.9. The maximum atomic E-state index is 12.9. The van der Waals surface area contributed by atoms with E-state index in [-0.39, 0.29) is 12.4 Å². The highest BCUT2D eigenvalue weighted by Gasteiger charge is 2.01. The van der Waals surface area contributed by atoms with Gasteiger partial charge in [0.2, 0.25) is 0 Å². The minimum Gasteiger partial charge on any atom is -0.390 e. The number of aromatic nitrogens is 2. The third kappa shape index (κ3) is 2.61. The fraction of sp³-hybridized carbons (Fsp3) is 0.167. The zero-order valence-electron chi connectivity index (χ0n) is 8.60. The van der Waals surface area contributed by atoms with Gasteiger partial charge in [-0.05, 0) is 23.8 Å². The van der Waals surface area contributed by atoms with Crippen molar-refractivity contribution in [3.8, 4) is 0 Å². The third-order valence-electron chi connectivity index (χ3n) is 2.18. The molecule has 0 spiro atoms. The molecule has 0 amide bonds. The molecule has 82 valence electrons. The molecule has 2 rings (SSSR count). The SMILES string of the molecule is OCc1ccnc(Cc2cccc(F)c2)n1. The lowest BCUT2D eigenvalue weighted by Gasteiger charge is -2.02. The van der Waals surface area contributed by atoms with E-state index in [4.69, 9.17) is 5.11 Å². The summed E-state index contributed by atoms with van der Waals surface area (Å²) in [6, 6.07) is 7.97. The Morgan fingerprint density at radius 3 is 2.88 bits per heavy atom. The Hall–Kier alpha value is -1.81. The molecule has 0 saturated heterocycles. The first-order valence-electron chi connectivity index (χ1n) is 4.94. The largest absolute Gasteiger partial charge is 0.390 e. The van der Waals surface area contributed by atoms with Crippen LogP contribution in [-0.4, -0.2) is 15.1 Å². The van der Waals surface area contributed by atoms with Gasteiger partial charge in [0.15, 0.2) is 0 Å². The summed E-state index contributed by atoms with van der Waals surface area (Å²) in [6.07, 6.45) is 2.05. The topological polar surface area (TPSA) is 46.0 Å². The van der Waals surface area contributed by atoms with E-state index in [1.54, 1.807) is 18.3 Å². The van der Waals surface area contributed by atoms with Crippen LogP contribution >= 0.6 is 0 Å². The van der Waals surface area contributed by atoms with E-state index in [1.165, 1.54) is 12.1 Å². The Morgan fingerprint density at radius 1 is 1.25 bits per heavy atom. The Bertz CT molecular complexity index is 488. The Balaban J connectivity index is 2.20. The first kappa shape index (κ1) is 10.7. The van der Waals surface area contributed by atoms with E-state index in [0.29, 0.717) is 17.9 Å². The molecule has 1 aromatic heterocycles. The van der Waals surface area contributed by atoms with Crippen molar-refractivity contribution in [2.45, 2.75) is 13.0 Å². The summed E-state index contributed by atoms with van der Waals surface area (Å²) in [4.78, 5) is 8.20. The van der Waals surface area contributed by atoms with Crippen LogP contribution in [0.3, 0.4) is 0 Å². The fourth-order valence-electron chi connectivity index (χ4n) is 1.44. The zero-order valence-corrected chi connectivity index (χ0v) is 8.60. The molecular weight excluding hydrogens is 207 g/mol. The lowest BCUT2D eigenvalue weighted by atomic mass is 10.1. The maximum Gasteiger partial charge on any atom is 0.133 e. The van der Waals surface area contributed by atoms with Crippen molar-refractivity contribution in [3.05, 3.63) is 59.4 Å². The van der Waals surface area contributed by atoms with E-state index < -0.39 is 0 Å². The standard InChI is InChI=1S/C12H11FN2O/c13-10-3-1-2-9(6-10)7-12-14-5-4-11(8-16)15-12/h1-6,16H,7-8H2. The van der Waals surface area contributed by atoms with Crippen molar-refractivity contribution >= 4 is 0 Å². The van der Waals surface area contributed by atoms with Crippen molar-refractivity contribution in [1.82, 2.24) is 9.97 Å². The van der Waals surface area contributed by atoms with E-state index in [9.17, 15) is 4.39 Å². The molecule has 3 nitrogen and oxygen atoms in total. The number of rotatable bonds is 3. The second-order valence-electron chi connectivity index (χ2n) is 3.43. The predicted molar refractivity (Wildman–Crippen MR) is 57.2 cm³/mol. The number of nitrogens with zero attached hydrogens (tertiary/aromatic N) is 2. The van der Waals surface area contributed by atoms with Crippen molar-refractivity contribution in [3.63, 3.8) is 0 Å². The van der Waals surface area contributed by atoms with Gasteiger partial charge in [-0.3, -0.25) is 0 Å². The lowest BCUT2D eigenvalue weighted by molar-refractivity contribution is 0.276. The maximum absolute atomic E-state index is 12.9. The Morgan fingerprint density at radius 2 is 2.12 bits per heavy atom. The average molecular weight is 218 g/mol. The van der Waals surface area contributed by atoms with Gasteiger partial charge in [0.1, 0.15) is 11.6 Å². The van der Waals surface area contributed by atoms with Crippen LogP contribution in [0.15, 0.2) is 36.5 Å². The minimum absolute atomic E-state index is 0.112. The van der Waals surface area contributed by atoms with Gasteiger partial charge in [0, 0.05) is 12.6 Å². The van der Waals surface area contributed by atoms with Gasteiger partial charge < -0.3 is 5.11 Å². The minimum atomic E-state index is -0.268. The number of hydrogen-bond acceptors (Lipinski definition) is 3. The molecule has 0 aliphatic heterocycles. The lowest BCUT2D eigenvalue weighted by Crippen LogP contribution is -2.00. The van der Waals surface area contributed by atoms with Crippen LogP contribution in [0.4, 0.5) is 4.39 Å². The molecule has 1 heterocycles. The van der Waals surface area contributed by atoms with Gasteiger partial charge in [-0.2, -0.15) is 0 Å². The number of benzene rings is 1. The monoisotopic (exact) mass is 218 g/mol. The Labute approximate surface area is 92.6 Å². The van der Waals surface area contributed by atoms with E-state index in [2.05, 4.69) is 9.97 Å². The second-order valence-corrected chi connectivity index (χ2v) is 3.43. The van der Waals surface area contributed by atoms with Gasteiger partial charge in [-0.15, -0.1) is 0 Å². The van der Waals surface area contributed by atoms with Gasteiger partial charge in [-0.1, -0.05) is 12.1 Å². The van der Waals surface area contributed by atoms with Gasteiger partial charge in [-0.25, -0.2) is 14.4 Å². The summed E-state index contributed by atoms with van der Waals surface area (Å²) in [5.74, 6) is 0.313. The highest BCUT2D eigenvalue weighted by atomic mass is 19.1. The summed E-state index contributed by atoms with van der Waals surface area (Å²) in [7, 11) is 0. The molecule has 0 aliphatic rings. The van der Waals surface area contributed by atoms with E-state index in [0.717, 1.165) is 5.56 Å². The summed E-state index contributed by atoms with van der Waals surface area (Å²) in [5.41, 5.74) is 1.39. The number of halogens is 1. The van der Waals surface area contributed by atoms with Gasteiger partial charge in [0.25, 0.3) is 0 Å². The zero-order chi connectivity index (χ0) is 11.4. The molecular formula is C12H11FN2O. The third-order valence-corrected chi connectivity index (χ3v) is 2.18. The summed E-state index contributed by atoms with van der Waals surface area (Å²) >= 11 is 0. The van der Waals surface area contributed by atoms with Crippen LogP contribution in [-0.2, 0) is 13.0 Å². The molecule has 1 aromatic carbocycles. The van der Waals surface area contributed by atoms with Gasteiger partial charge in [0.05, 0.1) is 12.3 Å². The summed E-state index contributed by atoms with van der Waals surface area (Å²) in [6.45, 7) is -0.112. The van der Waals surface area contributed by atoms with Crippen LogP contribution in [0, 0.1) is 5.82 Å². The molecule has 0 radical (unpaired) electrons. The predicted octanol–water partition coefficient (Wildman–Crippen LogP) is 1.70. The van der Waals surface area contributed by atoms with Crippen molar-refractivity contribution in [2.75, 3.05) is 0 Å². The molecule has 2 aromatic rings. The molecule has 4 heteroatoms. The van der Waals surface area contributed by atoms with Crippen molar-refractivity contribution in [2.24, 2.45) is 0 Å². The van der Waals surface area contributed by atoms with E-state index in [1.807, 2.05) is 6.07 Å². The number of hydrogen-bond donors (Lipinski definition) is 1. The molecule has 1 N–H and O–H groups in total. The van der Waals surface area contributed by atoms with Gasteiger partial charge >= 0.3 is 0 Å². The average Bonchev–Trinajstić information content (AvgIpc) is 2.29. The smallest absolute Gasteiger partial charge is 0.133 e. The first-order chi connectivity index (χ1) is 7.78. The number of aliphatic hydroxyl groups is 1. The van der Waals surface area contributed by atoms with Crippen LogP contribution in [0.25, 0.3) is 0 Å². The molecule has 0 bridgehead atoms. The van der Waals surface area contributed by atoms with Crippen LogP contribution < -0.4 is 0 Å². The quantitative estimate of drug-likeness (QED) is 0.852. The normalized spacial score (nSPS) is 10.4. The molecule has 0 saturated carbocycles. The van der Waals surface area contributed by atoms with Crippen molar-refractivity contribution < 1.29 is 9.50 Å². The molecule has 0 unspecified atom stereocenters. The fourth-order valence-corrected chi connectivity index (χ4v) is 1.44. The van der Waals surface area contributed by atoms with Crippen LogP contribution in [0.1, 0.15) is 17.1 Å². The highest BCUT2D eigenvalue weighted by Crippen LogP contribution is 2.08. The summed E-state index contributed by atoms with van der Waals surface area (Å²) in [5, 5.41) is 8.92. The van der Waals surface area contributed by atoms with Crippen molar-refractivity contribution in [1.29, 1.82) is 0 Å². The highest BCUT2D eigenvalue weighted by molar-refractivity contribution is 5.20. The number of aliphatic hydroxyl groups excluding tert-OH is 1. The molecule has 0 aliphatic carbocycles. The molecule has 0 fully saturated rings. The van der Waals surface area contributed by atoms with Crippen LogP contribution in [0.2, 0.25) is 0 Å². The molecule has 16 heavy (non-hydrogen) atoms. The molecule has 0 atom stereocenters.